The van der Waals surface area contributed by atoms with E-state index in [2.05, 4.69) is 10.0 Å². The molecular weight excluding hydrogens is 320 g/mol. The lowest BCUT2D eigenvalue weighted by atomic mass is 10.3. The minimum atomic E-state index is -3.79. The third-order valence-corrected chi connectivity index (χ3v) is 4.67. The van der Waals surface area contributed by atoms with Gasteiger partial charge in [0.05, 0.1) is 30.9 Å². The molecule has 0 aliphatic rings. The molecule has 1 unspecified atom stereocenters. The van der Waals surface area contributed by atoms with Crippen LogP contribution in [0.5, 0.6) is 5.75 Å². The quantitative estimate of drug-likeness (QED) is 0.792. The fraction of sp³-hybridized carbons (Fsp3) is 0.267. The predicted molar refractivity (Wildman–Crippen MR) is 83.3 cm³/mol. The Kier molecular flexibility index (Phi) is 5.41. The SMILES string of the molecule is COc1ccc(S(=O)(=O)NC(C)C(=O)NCc2ccco2)cc1. The van der Waals surface area contributed by atoms with Crippen molar-refractivity contribution in [3.05, 3.63) is 48.4 Å². The molecule has 0 saturated heterocycles. The lowest BCUT2D eigenvalue weighted by Gasteiger charge is -2.14. The number of hydrogen-bond donors (Lipinski definition) is 2. The minimum absolute atomic E-state index is 0.0592. The molecule has 124 valence electrons. The van der Waals surface area contributed by atoms with E-state index in [9.17, 15) is 13.2 Å². The Labute approximate surface area is 134 Å². The molecule has 1 amide bonds. The molecule has 0 fully saturated rings. The van der Waals surface area contributed by atoms with Crippen LogP contribution in [0, 0.1) is 0 Å². The zero-order valence-corrected chi connectivity index (χ0v) is 13.6. The molecule has 0 spiro atoms. The average Bonchev–Trinajstić information content (AvgIpc) is 3.05. The number of ether oxygens (including phenoxy) is 1. The number of amides is 1. The third kappa shape index (κ3) is 4.57. The molecule has 0 aliphatic heterocycles. The highest BCUT2D eigenvalue weighted by Gasteiger charge is 2.22. The first kappa shape index (κ1) is 17.0. The molecule has 8 heteroatoms. The van der Waals surface area contributed by atoms with Crippen LogP contribution in [0.4, 0.5) is 0 Å². The van der Waals surface area contributed by atoms with Gasteiger partial charge in [-0.1, -0.05) is 0 Å². The van der Waals surface area contributed by atoms with Crippen molar-refractivity contribution in [2.45, 2.75) is 24.4 Å². The van der Waals surface area contributed by atoms with Crippen LogP contribution in [-0.2, 0) is 21.4 Å². The fourth-order valence-electron chi connectivity index (χ4n) is 1.85. The van der Waals surface area contributed by atoms with Crippen molar-refractivity contribution < 1.29 is 22.4 Å². The van der Waals surface area contributed by atoms with Crippen molar-refractivity contribution in [3.8, 4) is 5.75 Å². The van der Waals surface area contributed by atoms with Crippen molar-refractivity contribution in [3.63, 3.8) is 0 Å². The maximum Gasteiger partial charge on any atom is 0.241 e. The molecule has 23 heavy (non-hydrogen) atoms. The second-order valence-corrected chi connectivity index (χ2v) is 6.53. The zero-order chi connectivity index (χ0) is 16.9. The fourth-order valence-corrected chi connectivity index (χ4v) is 3.05. The predicted octanol–water partition coefficient (Wildman–Crippen LogP) is 1.27. The smallest absolute Gasteiger partial charge is 0.241 e. The molecule has 1 heterocycles. The first-order valence-electron chi connectivity index (χ1n) is 6.89. The molecule has 0 radical (unpaired) electrons. The van der Waals surface area contributed by atoms with Crippen LogP contribution in [0.2, 0.25) is 0 Å². The Balaban J connectivity index is 1.96. The molecule has 1 aromatic heterocycles. The van der Waals surface area contributed by atoms with Crippen molar-refractivity contribution in [2.75, 3.05) is 7.11 Å². The van der Waals surface area contributed by atoms with E-state index in [0.717, 1.165) is 0 Å². The van der Waals surface area contributed by atoms with Crippen molar-refractivity contribution in [1.82, 2.24) is 10.0 Å². The Morgan fingerprint density at radius 2 is 1.96 bits per heavy atom. The van der Waals surface area contributed by atoms with E-state index >= 15 is 0 Å². The molecule has 1 aromatic carbocycles. The van der Waals surface area contributed by atoms with Gasteiger partial charge in [0.25, 0.3) is 0 Å². The summed E-state index contributed by atoms with van der Waals surface area (Å²) in [7, 11) is -2.30. The number of benzene rings is 1. The van der Waals surface area contributed by atoms with Crippen molar-refractivity contribution in [1.29, 1.82) is 0 Å². The average molecular weight is 338 g/mol. The summed E-state index contributed by atoms with van der Waals surface area (Å²) in [4.78, 5) is 12.0. The molecule has 2 aromatic rings. The van der Waals surface area contributed by atoms with Gasteiger partial charge >= 0.3 is 0 Å². The van der Waals surface area contributed by atoms with Crippen LogP contribution in [0.25, 0.3) is 0 Å². The Morgan fingerprint density at radius 1 is 1.26 bits per heavy atom. The normalized spacial score (nSPS) is 12.6. The molecule has 7 nitrogen and oxygen atoms in total. The highest BCUT2D eigenvalue weighted by atomic mass is 32.2. The molecule has 0 aliphatic carbocycles. The van der Waals surface area contributed by atoms with Gasteiger partial charge in [0.2, 0.25) is 15.9 Å². The molecule has 0 saturated carbocycles. The summed E-state index contributed by atoms with van der Waals surface area (Å²) in [6.07, 6.45) is 1.50. The third-order valence-electron chi connectivity index (χ3n) is 3.11. The topological polar surface area (TPSA) is 97.6 Å². The molecule has 2 rings (SSSR count). The second kappa shape index (κ2) is 7.30. The van der Waals surface area contributed by atoms with Gasteiger partial charge in [-0.2, -0.15) is 4.72 Å². The van der Waals surface area contributed by atoms with Gasteiger partial charge in [0, 0.05) is 0 Å². The van der Waals surface area contributed by atoms with E-state index in [1.807, 2.05) is 0 Å². The van der Waals surface area contributed by atoms with Crippen LogP contribution in [0.3, 0.4) is 0 Å². The summed E-state index contributed by atoms with van der Waals surface area (Å²) >= 11 is 0. The summed E-state index contributed by atoms with van der Waals surface area (Å²) in [5, 5.41) is 2.60. The van der Waals surface area contributed by atoms with Gasteiger partial charge in [-0.25, -0.2) is 8.42 Å². The first-order valence-corrected chi connectivity index (χ1v) is 8.37. The van der Waals surface area contributed by atoms with Gasteiger partial charge in [-0.15, -0.1) is 0 Å². The van der Waals surface area contributed by atoms with E-state index in [1.54, 1.807) is 12.1 Å². The number of furan rings is 1. The molecule has 1 atom stereocenters. The van der Waals surface area contributed by atoms with Gasteiger partial charge in [-0.3, -0.25) is 4.79 Å². The van der Waals surface area contributed by atoms with Gasteiger partial charge < -0.3 is 14.5 Å². The van der Waals surface area contributed by atoms with Crippen molar-refractivity contribution in [2.24, 2.45) is 0 Å². The number of methoxy groups -OCH3 is 1. The summed E-state index contributed by atoms with van der Waals surface area (Å²) < 4.78 is 36.9. The maximum absolute atomic E-state index is 12.2. The van der Waals surface area contributed by atoms with Crippen LogP contribution in [0.1, 0.15) is 12.7 Å². The summed E-state index contributed by atoms with van der Waals surface area (Å²) in [6, 6.07) is 8.40. The van der Waals surface area contributed by atoms with E-state index in [1.165, 1.54) is 44.6 Å². The lowest BCUT2D eigenvalue weighted by Crippen LogP contribution is -2.44. The number of sulfonamides is 1. The van der Waals surface area contributed by atoms with E-state index in [0.29, 0.717) is 11.5 Å². The first-order chi connectivity index (χ1) is 10.9. The molecule has 0 bridgehead atoms. The van der Waals surface area contributed by atoms with Crippen LogP contribution >= 0.6 is 0 Å². The summed E-state index contributed by atoms with van der Waals surface area (Å²) in [5.74, 6) is 0.690. The number of hydrogen-bond acceptors (Lipinski definition) is 5. The second-order valence-electron chi connectivity index (χ2n) is 4.82. The number of rotatable bonds is 7. The van der Waals surface area contributed by atoms with E-state index in [-0.39, 0.29) is 11.4 Å². The monoisotopic (exact) mass is 338 g/mol. The minimum Gasteiger partial charge on any atom is -0.497 e. The van der Waals surface area contributed by atoms with E-state index in [4.69, 9.17) is 9.15 Å². The Bertz CT molecular complexity index is 739. The van der Waals surface area contributed by atoms with Gasteiger partial charge in [-0.05, 0) is 43.3 Å². The highest BCUT2D eigenvalue weighted by molar-refractivity contribution is 7.89. The standard InChI is InChI=1S/C15H18N2O5S/c1-11(15(18)16-10-13-4-3-9-22-13)17-23(19,20)14-7-5-12(21-2)6-8-14/h3-9,11,17H,10H2,1-2H3,(H,16,18). The highest BCUT2D eigenvalue weighted by Crippen LogP contribution is 2.15. The van der Waals surface area contributed by atoms with Crippen LogP contribution in [0.15, 0.2) is 52.0 Å². The largest absolute Gasteiger partial charge is 0.497 e. The summed E-state index contributed by atoms with van der Waals surface area (Å²) in [5.41, 5.74) is 0. The number of nitrogens with one attached hydrogen (secondary N) is 2. The number of carbonyl (C=O) groups excluding carboxylic acids is 1. The van der Waals surface area contributed by atoms with Crippen LogP contribution < -0.4 is 14.8 Å². The maximum atomic E-state index is 12.2. The van der Waals surface area contributed by atoms with E-state index < -0.39 is 22.0 Å². The van der Waals surface area contributed by atoms with Crippen molar-refractivity contribution >= 4 is 15.9 Å². The molecule has 2 N–H and O–H groups in total. The van der Waals surface area contributed by atoms with Gasteiger partial charge in [0.1, 0.15) is 11.5 Å². The molecular formula is C15H18N2O5S. The lowest BCUT2D eigenvalue weighted by molar-refractivity contribution is -0.122. The summed E-state index contributed by atoms with van der Waals surface area (Å²) in [6.45, 7) is 1.67. The van der Waals surface area contributed by atoms with Gasteiger partial charge in [0.15, 0.2) is 0 Å². The Morgan fingerprint density at radius 3 is 2.52 bits per heavy atom. The Hall–Kier alpha value is -2.32. The number of carbonyl (C=O) groups is 1. The van der Waals surface area contributed by atoms with Crippen LogP contribution in [-0.4, -0.2) is 27.5 Å². The zero-order valence-electron chi connectivity index (χ0n) is 12.8.